The van der Waals surface area contributed by atoms with Crippen molar-refractivity contribution in [3.8, 4) is 0 Å². The maximum atomic E-state index is 4.64. The number of rotatable bonds is 5. The van der Waals surface area contributed by atoms with Gasteiger partial charge in [0.25, 0.3) is 0 Å². The lowest BCUT2D eigenvalue weighted by Gasteiger charge is -2.24. The first-order chi connectivity index (χ1) is 9.38. The summed E-state index contributed by atoms with van der Waals surface area (Å²) in [5.74, 6) is 1.86. The molecule has 0 amide bonds. The molecule has 0 aliphatic heterocycles. The van der Waals surface area contributed by atoms with Crippen molar-refractivity contribution >= 4 is 11.8 Å². The molecule has 104 valence electrons. The van der Waals surface area contributed by atoms with Crippen molar-refractivity contribution in [2.45, 2.75) is 55.7 Å². The Hall–Kier alpha value is -0.540. The molecule has 0 spiro atoms. The average Bonchev–Trinajstić information content (AvgIpc) is 3.09. The molecule has 2 aliphatic carbocycles. The van der Waals surface area contributed by atoms with E-state index in [0.717, 1.165) is 5.25 Å². The predicted molar refractivity (Wildman–Crippen MR) is 82.9 cm³/mol. The lowest BCUT2D eigenvalue weighted by molar-refractivity contribution is 0.491. The van der Waals surface area contributed by atoms with Gasteiger partial charge >= 0.3 is 0 Å². The van der Waals surface area contributed by atoms with Crippen LogP contribution >= 0.6 is 11.8 Å². The Labute approximate surface area is 120 Å². The number of thioether (sulfide) groups is 1. The van der Waals surface area contributed by atoms with Crippen LogP contribution in [0.2, 0.25) is 0 Å². The minimum absolute atomic E-state index is 0.585. The molecule has 0 radical (unpaired) electrons. The summed E-state index contributed by atoms with van der Waals surface area (Å²) in [6, 6.07) is 4.91. The van der Waals surface area contributed by atoms with Crippen LogP contribution in [-0.2, 0) is 6.42 Å². The molecule has 3 heteroatoms. The first kappa shape index (κ1) is 13.4. The number of aryl methyl sites for hydroxylation is 1. The molecule has 1 aromatic rings. The van der Waals surface area contributed by atoms with E-state index >= 15 is 0 Å². The first-order valence-corrected chi connectivity index (χ1v) is 8.66. The minimum Gasteiger partial charge on any atom is -0.316 e. The van der Waals surface area contributed by atoms with Gasteiger partial charge in [0.2, 0.25) is 0 Å². The summed E-state index contributed by atoms with van der Waals surface area (Å²) >= 11 is 2.19. The quantitative estimate of drug-likeness (QED) is 0.892. The maximum Gasteiger partial charge on any atom is 0.0482 e. The van der Waals surface area contributed by atoms with E-state index in [2.05, 4.69) is 41.2 Å². The van der Waals surface area contributed by atoms with Crippen LogP contribution in [0.25, 0.3) is 0 Å². The Kier molecular flexibility index (Phi) is 4.44. The highest BCUT2D eigenvalue weighted by Crippen LogP contribution is 2.36. The van der Waals surface area contributed by atoms with E-state index in [0.29, 0.717) is 12.0 Å². The van der Waals surface area contributed by atoms with E-state index in [1.165, 1.54) is 55.5 Å². The van der Waals surface area contributed by atoms with Crippen LogP contribution < -0.4 is 5.32 Å². The van der Waals surface area contributed by atoms with Crippen molar-refractivity contribution in [3.63, 3.8) is 0 Å². The number of nitrogens with one attached hydrogen (secondary N) is 1. The van der Waals surface area contributed by atoms with E-state index in [4.69, 9.17) is 0 Å². The van der Waals surface area contributed by atoms with Gasteiger partial charge in [-0.25, -0.2) is 0 Å². The van der Waals surface area contributed by atoms with Gasteiger partial charge in [0.15, 0.2) is 0 Å². The molecule has 2 nitrogen and oxygen atoms in total. The van der Waals surface area contributed by atoms with Gasteiger partial charge in [0.05, 0.1) is 0 Å². The van der Waals surface area contributed by atoms with Crippen molar-refractivity contribution in [1.82, 2.24) is 10.3 Å². The zero-order chi connectivity index (χ0) is 13.1. The topological polar surface area (TPSA) is 24.9 Å². The second kappa shape index (κ2) is 6.27. The van der Waals surface area contributed by atoms with Gasteiger partial charge in [-0.2, -0.15) is 11.8 Å². The molecule has 0 bridgehead atoms. The summed E-state index contributed by atoms with van der Waals surface area (Å²) in [6.07, 6.45) is 10.2. The van der Waals surface area contributed by atoms with Crippen molar-refractivity contribution in [2.24, 2.45) is 0 Å². The third-order valence-corrected chi connectivity index (χ3v) is 6.17. The average molecular weight is 276 g/mol. The number of likely N-dealkylation sites (N-methyl/N-ethyl adjacent to an activating group) is 1. The summed E-state index contributed by atoms with van der Waals surface area (Å²) in [4.78, 5) is 4.64. The Balaban J connectivity index is 1.62. The number of aromatic nitrogens is 1. The van der Waals surface area contributed by atoms with Crippen molar-refractivity contribution in [3.05, 3.63) is 29.6 Å². The summed E-state index contributed by atoms with van der Waals surface area (Å²) in [5.41, 5.74) is 2.83. The molecule has 0 saturated heterocycles. The summed E-state index contributed by atoms with van der Waals surface area (Å²) < 4.78 is 0. The monoisotopic (exact) mass is 276 g/mol. The summed E-state index contributed by atoms with van der Waals surface area (Å²) in [7, 11) is 2.11. The van der Waals surface area contributed by atoms with Crippen molar-refractivity contribution in [2.75, 3.05) is 12.8 Å². The lowest BCUT2D eigenvalue weighted by Crippen LogP contribution is -2.34. The molecule has 0 aromatic carbocycles. The van der Waals surface area contributed by atoms with Crippen LogP contribution in [0.3, 0.4) is 0 Å². The fraction of sp³-hybridized carbons (Fsp3) is 0.688. The third kappa shape index (κ3) is 2.97. The molecule has 1 heterocycles. The second-order valence-electron chi connectivity index (χ2n) is 5.83. The van der Waals surface area contributed by atoms with E-state index in [1.54, 1.807) is 0 Å². The van der Waals surface area contributed by atoms with Crippen molar-refractivity contribution < 1.29 is 0 Å². The predicted octanol–water partition coefficient (Wildman–Crippen LogP) is 3.38. The van der Waals surface area contributed by atoms with E-state index in [1.807, 2.05) is 6.20 Å². The molecular formula is C16H24N2S. The van der Waals surface area contributed by atoms with Gasteiger partial charge in [-0.05, 0) is 44.4 Å². The van der Waals surface area contributed by atoms with Gasteiger partial charge in [0, 0.05) is 34.9 Å². The van der Waals surface area contributed by atoms with Crippen LogP contribution in [0.1, 0.15) is 49.3 Å². The molecule has 3 rings (SSSR count). The first-order valence-electron chi connectivity index (χ1n) is 7.61. The van der Waals surface area contributed by atoms with E-state index in [9.17, 15) is 0 Å². The molecule has 2 atom stereocenters. The third-order valence-electron chi connectivity index (χ3n) is 4.67. The number of nitrogens with zero attached hydrogens (tertiary/aromatic N) is 1. The fourth-order valence-electron chi connectivity index (χ4n) is 3.53. The number of fused-ring (bicyclic) bond motifs is 1. The Bertz CT molecular complexity index is 415. The number of hydrogen-bond acceptors (Lipinski definition) is 3. The standard InChI is InChI=1S/C16H24N2S/c1-17-15(11-19-13-6-2-3-7-13)14-9-8-12-5-4-10-18-16(12)14/h4-5,10,13-15,17H,2-3,6-9,11H2,1H3. The minimum atomic E-state index is 0.585. The van der Waals surface area contributed by atoms with E-state index < -0.39 is 0 Å². The lowest BCUT2D eigenvalue weighted by atomic mass is 9.98. The van der Waals surface area contributed by atoms with Gasteiger partial charge < -0.3 is 5.32 Å². The molecule has 19 heavy (non-hydrogen) atoms. The molecule has 2 unspecified atom stereocenters. The Morgan fingerprint density at radius 1 is 1.37 bits per heavy atom. The van der Waals surface area contributed by atoms with Gasteiger partial charge in [-0.1, -0.05) is 18.9 Å². The summed E-state index contributed by atoms with van der Waals surface area (Å²) in [5, 5.41) is 4.47. The highest BCUT2D eigenvalue weighted by atomic mass is 32.2. The van der Waals surface area contributed by atoms with Crippen LogP contribution in [0, 0.1) is 0 Å². The number of pyridine rings is 1. The highest BCUT2D eigenvalue weighted by Gasteiger charge is 2.30. The van der Waals surface area contributed by atoms with Gasteiger partial charge in [-0.3, -0.25) is 4.98 Å². The van der Waals surface area contributed by atoms with Crippen LogP contribution in [0.4, 0.5) is 0 Å². The molecule has 1 saturated carbocycles. The number of hydrogen-bond donors (Lipinski definition) is 1. The maximum absolute atomic E-state index is 4.64. The molecular weight excluding hydrogens is 252 g/mol. The zero-order valence-electron chi connectivity index (χ0n) is 11.8. The largest absolute Gasteiger partial charge is 0.316 e. The fourth-order valence-corrected chi connectivity index (χ4v) is 5.08. The normalized spacial score (nSPS) is 24.6. The second-order valence-corrected chi connectivity index (χ2v) is 7.16. The van der Waals surface area contributed by atoms with Crippen LogP contribution in [0.5, 0.6) is 0 Å². The van der Waals surface area contributed by atoms with Gasteiger partial charge in [0.1, 0.15) is 0 Å². The molecule has 1 fully saturated rings. The Morgan fingerprint density at radius 2 is 2.21 bits per heavy atom. The smallest absolute Gasteiger partial charge is 0.0482 e. The van der Waals surface area contributed by atoms with Gasteiger partial charge in [-0.15, -0.1) is 0 Å². The van der Waals surface area contributed by atoms with Crippen LogP contribution in [-0.4, -0.2) is 29.1 Å². The zero-order valence-corrected chi connectivity index (χ0v) is 12.6. The van der Waals surface area contributed by atoms with Crippen LogP contribution in [0.15, 0.2) is 18.3 Å². The Morgan fingerprint density at radius 3 is 3.00 bits per heavy atom. The highest BCUT2D eigenvalue weighted by molar-refractivity contribution is 7.99. The SMILES string of the molecule is CNC(CSC1CCCC1)C1CCc2cccnc21. The summed E-state index contributed by atoms with van der Waals surface area (Å²) in [6.45, 7) is 0. The van der Waals surface area contributed by atoms with Crippen molar-refractivity contribution in [1.29, 1.82) is 0 Å². The molecule has 1 aromatic heterocycles. The van der Waals surface area contributed by atoms with E-state index in [-0.39, 0.29) is 0 Å². The molecule has 2 aliphatic rings. The molecule has 1 N–H and O–H groups in total.